The first-order valence-corrected chi connectivity index (χ1v) is 7.61. The topological polar surface area (TPSA) is 18.5 Å². The summed E-state index contributed by atoms with van der Waals surface area (Å²) in [6.45, 7) is 12.1. The highest BCUT2D eigenvalue weighted by Gasteiger charge is 2.21. The molecule has 1 aromatic carbocycles. The van der Waals surface area contributed by atoms with Crippen LogP contribution in [0, 0.1) is 0 Å². The highest BCUT2D eigenvalue weighted by Crippen LogP contribution is 2.24. The molecule has 1 saturated heterocycles. The zero-order valence-corrected chi connectivity index (χ0v) is 12.5. The molecule has 1 unspecified atom stereocenters. The molecule has 0 aromatic heterocycles. The van der Waals surface area contributed by atoms with Crippen LogP contribution in [0.15, 0.2) is 24.3 Å². The average Bonchev–Trinajstić information content (AvgIpc) is 2.90. The Labute approximate surface area is 117 Å². The molecule has 0 spiro atoms. The molecule has 3 nitrogen and oxygen atoms in total. The predicted octanol–water partition coefficient (Wildman–Crippen LogP) is 2.72. The fourth-order valence-electron chi connectivity index (χ4n) is 2.91. The molecule has 1 heterocycles. The van der Waals surface area contributed by atoms with Gasteiger partial charge in [0.05, 0.1) is 0 Å². The third kappa shape index (κ3) is 3.41. The number of nitrogens with zero attached hydrogens (tertiary/aromatic N) is 2. The van der Waals surface area contributed by atoms with E-state index in [0.717, 1.165) is 26.2 Å². The van der Waals surface area contributed by atoms with Gasteiger partial charge in [-0.15, -0.1) is 0 Å². The van der Waals surface area contributed by atoms with Crippen molar-refractivity contribution in [1.82, 2.24) is 5.32 Å². The van der Waals surface area contributed by atoms with Crippen molar-refractivity contribution < 1.29 is 0 Å². The summed E-state index contributed by atoms with van der Waals surface area (Å²) in [7, 11) is 0. The molecule has 0 bridgehead atoms. The maximum atomic E-state index is 3.54. The van der Waals surface area contributed by atoms with Crippen molar-refractivity contribution >= 4 is 11.4 Å². The van der Waals surface area contributed by atoms with Crippen LogP contribution in [0.25, 0.3) is 0 Å². The van der Waals surface area contributed by atoms with E-state index in [9.17, 15) is 0 Å². The number of hydrogen-bond acceptors (Lipinski definition) is 3. The Hall–Kier alpha value is -1.22. The van der Waals surface area contributed by atoms with Crippen LogP contribution in [-0.4, -0.2) is 38.8 Å². The van der Waals surface area contributed by atoms with Crippen LogP contribution < -0.4 is 15.1 Å². The van der Waals surface area contributed by atoms with Crippen molar-refractivity contribution in [2.24, 2.45) is 0 Å². The predicted molar refractivity (Wildman–Crippen MR) is 84.3 cm³/mol. The smallest absolute Gasteiger partial charge is 0.0368 e. The Balaban J connectivity index is 1.99. The summed E-state index contributed by atoms with van der Waals surface area (Å²) in [6, 6.07) is 9.70. The fraction of sp³-hybridized carbons (Fsp3) is 0.625. The number of likely N-dealkylation sites (N-methyl/N-ethyl adjacent to an activating group) is 1. The van der Waals surface area contributed by atoms with Gasteiger partial charge in [-0.1, -0.05) is 6.92 Å². The monoisotopic (exact) mass is 261 g/mol. The van der Waals surface area contributed by atoms with E-state index in [1.54, 1.807) is 0 Å². The van der Waals surface area contributed by atoms with Gasteiger partial charge >= 0.3 is 0 Å². The SMILES string of the molecule is CCNC1CCN(c2ccc(N(CC)CC)cc2)C1. The van der Waals surface area contributed by atoms with Crippen LogP contribution in [0.5, 0.6) is 0 Å². The standard InChI is InChI=1S/C16H27N3/c1-4-17-14-11-12-19(13-14)16-9-7-15(8-10-16)18(5-2)6-3/h7-10,14,17H,4-6,11-13H2,1-3H3. The first kappa shape index (κ1) is 14.2. The van der Waals surface area contributed by atoms with E-state index in [-0.39, 0.29) is 0 Å². The molecule has 106 valence electrons. The summed E-state index contributed by atoms with van der Waals surface area (Å²) in [4.78, 5) is 4.87. The van der Waals surface area contributed by atoms with Crippen LogP contribution in [0.2, 0.25) is 0 Å². The van der Waals surface area contributed by atoms with E-state index in [2.05, 4.69) is 60.2 Å². The highest BCUT2D eigenvalue weighted by molar-refractivity contribution is 5.56. The van der Waals surface area contributed by atoms with E-state index in [1.807, 2.05) is 0 Å². The van der Waals surface area contributed by atoms with Crippen molar-refractivity contribution in [3.05, 3.63) is 24.3 Å². The van der Waals surface area contributed by atoms with Gasteiger partial charge in [0, 0.05) is 43.6 Å². The zero-order chi connectivity index (χ0) is 13.7. The minimum Gasteiger partial charge on any atom is -0.372 e. The summed E-state index contributed by atoms with van der Waals surface area (Å²) in [5, 5.41) is 3.54. The van der Waals surface area contributed by atoms with E-state index in [4.69, 9.17) is 0 Å². The lowest BCUT2D eigenvalue weighted by Gasteiger charge is -2.23. The van der Waals surface area contributed by atoms with E-state index < -0.39 is 0 Å². The Morgan fingerprint density at radius 3 is 2.42 bits per heavy atom. The second kappa shape index (κ2) is 6.80. The minimum absolute atomic E-state index is 0.660. The molecular formula is C16H27N3. The van der Waals surface area contributed by atoms with Gasteiger partial charge in [0.1, 0.15) is 0 Å². The molecule has 0 aliphatic carbocycles. The van der Waals surface area contributed by atoms with Crippen molar-refractivity contribution in [1.29, 1.82) is 0 Å². The van der Waals surface area contributed by atoms with Crippen molar-refractivity contribution in [3.63, 3.8) is 0 Å². The van der Waals surface area contributed by atoms with Crippen LogP contribution >= 0.6 is 0 Å². The number of anilines is 2. The molecular weight excluding hydrogens is 234 g/mol. The molecule has 1 atom stereocenters. The zero-order valence-electron chi connectivity index (χ0n) is 12.5. The number of benzene rings is 1. The Bertz CT molecular complexity index is 370. The maximum Gasteiger partial charge on any atom is 0.0368 e. The summed E-state index contributed by atoms with van der Waals surface area (Å²) in [6.07, 6.45) is 1.26. The van der Waals surface area contributed by atoms with Gasteiger partial charge in [0.2, 0.25) is 0 Å². The first-order valence-electron chi connectivity index (χ1n) is 7.61. The third-order valence-electron chi connectivity index (χ3n) is 4.02. The van der Waals surface area contributed by atoms with E-state index >= 15 is 0 Å². The molecule has 1 aromatic rings. The lowest BCUT2D eigenvalue weighted by molar-refractivity contribution is 0.572. The van der Waals surface area contributed by atoms with Gasteiger partial charge in [-0.25, -0.2) is 0 Å². The number of nitrogens with one attached hydrogen (secondary N) is 1. The van der Waals surface area contributed by atoms with Gasteiger partial charge in [0.15, 0.2) is 0 Å². The van der Waals surface area contributed by atoms with E-state index in [0.29, 0.717) is 6.04 Å². The van der Waals surface area contributed by atoms with Gasteiger partial charge in [-0.2, -0.15) is 0 Å². The second-order valence-corrected chi connectivity index (χ2v) is 5.18. The van der Waals surface area contributed by atoms with Crippen LogP contribution in [0.1, 0.15) is 27.2 Å². The summed E-state index contributed by atoms with van der Waals surface area (Å²) < 4.78 is 0. The second-order valence-electron chi connectivity index (χ2n) is 5.18. The molecule has 0 radical (unpaired) electrons. The van der Waals surface area contributed by atoms with Crippen LogP contribution in [0.4, 0.5) is 11.4 Å². The highest BCUT2D eigenvalue weighted by atomic mass is 15.2. The quantitative estimate of drug-likeness (QED) is 0.849. The van der Waals surface area contributed by atoms with Crippen molar-refractivity contribution in [2.75, 3.05) is 42.5 Å². The lowest BCUT2D eigenvalue weighted by Crippen LogP contribution is -2.32. The number of hydrogen-bond donors (Lipinski definition) is 1. The van der Waals surface area contributed by atoms with Gasteiger partial charge in [-0.3, -0.25) is 0 Å². The molecule has 0 saturated carbocycles. The molecule has 19 heavy (non-hydrogen) atoms. The largest absolute Gasteiger partial charge is 0.372 e. The molecule has 3 heteroatoms. The molecule has 1 fully saturated rings. The lowest BCUT2D eigenvalue weighted by atomic mass is 10.2. The molecule has 1 N–H and O–H groups in total. The van der Waals surface area contributed by atoms with Gasteiger partial charge < -0.3 is 15.1 Å². The third-order valence-corrected chi connectivity index (χ3v) is 4.02. The molecule has 1 aliphatic rings. The van der Waals surface area contributed by atoms with Crippen molar-refractivity contribution in [3.8, 4) is 0 Å². The summed E-state index contributed by atoms with van der Waals surface area (Å²) in [5.41, 5.74) is 2.69. The van der Waals surface area contributed by atoms with E-state index in [1.165, 1.54) is 24.3 Å². The van der Waals surface area contributed by atoms with Crippen LogP contribution in [-0.2, 0) is 0 Å². The molecule has 2 rings (SSSR count). The van der Waals surface area contributed by atoms with Gasteiger partial charge in [0.25, 0.3) is 0 Å². The summed E-state index contributed by atoms with van der Waals surface area (Å²) >= 11 is 0. The van der Waals surface area contributed by atoms with Gasteiger partial charge in [-0.05, 0) is 51.1 Å². The van der Waals surface area contributed by atoms with Crippen molar-refractivity contribution in [2.45, 2.75) is 33.2 Å². The average molecular weight is 261 g/mol. The Kier molecular flexibility index (Phi) is 5.08. The Morgan fingerprint density at radius 2 is 1.84 bits per heavy atom. The summed E-state index contributed by atoms with van der Waals surface area (Å²) in [5.74, 6) is 0. The van der Waals surface area contributed by atoms with Crippen LogP contribution in [0.3, 0.4) is 0 Å². The number of rotatable bonds is 6. The maximum absolute atomic E-state index is 3.54. The Morgan fingerprint density at radius 1 is 1.16 bits per heavy atom. The molecule has 1 aliphatic heterocycles. The fourth-order valence-corrected chi connectivity index (χ4v) is 2.91. The normalized spacial score (nSPS) is 18.9. The molecule has 0 amide bonds. The minimum atomic E-state index is 0.660. The first-order chi connectivity index (χ1) is 9.28.